The number of para-hydroxylation sites is 1. The summed E-state index contributed by atoms with van der Waals surface area (Å²) < 4.78 is 15.0. The predicted molar refractivity (Wildman–Crippen MR) is 110 cm³/mol. The fraction of sp³-hybridized carbons (Fsp3) is 0.375. The molecule has 3 heteroatoms. The highest BCUT2D eigenvalue weighted by atomic mass is 16.4. The van der Waals surface area contributed by atoms with Crippen LogP contribution in [0.2, 0.25) is 0 Å². The van der Waals surface area contributed by atoms with Gasteiger partial charge in [-0.2, -0.15) is 0 Å². The van der Waals surface area contributed by atoms with Crippen LogP contribution in [0.5, 0.6) is 0 Å². The first kappa shape index (κ1) is 17.8. The molecule has 0 fully saturated rings. The van der Waals surface area contributed by atoms with Crippen molar-refractivity contribution in [2.75, 3.05) is 0 Å². The van der Waals surface area contributed by atoms with E-state index in [9.17, 15) is 0 Å². The lowest BCUT2D eigenvalue weighted by Gasteiger charge is -2.12. The molecule has 0 saturated carbocycles. The smallest absolute Gasteiger partial charge is 0.358 e. The molecule has 0 atom stereocenters. The molecule has 2 aromatic heterocycles. The van der Waals surface area contributed by atoms with Crippen molar-refractivity contribution >= 4 is 21.9 Å². The fourth-order valence-electron chi connectivity index (χ4n) is 3.93. The Morgan fingerprint density at radius 1 is 0.889 bits per heavy atom. The van der Waals surface area contributed by atoms with Gasteiger partial charge in [-0.05, 0) is 39.8 Å². The van der Waals surface area contributed by atoms with Crippen molar-refractivity contribution in [2.45, 2.75) is 59.8 Å². The monoisotopic (exact) mass is 362 g/mol. The second kappa shape index (κ2) is 5.98. The van der Waals surface area contributed by atoms with Crippen LogP contribution in [0.3, 0.4) is 0 Å². The first-order chi connectivity index (χ1) is 12.7. The average Bonchev–Trinajstić information content (AvgIpc) is 3.13. The summed E-state index contributed by atoms with van der Waals surface area (Å²) in [6, 6.07) is 12.6. The van der Waals surface area contributed by atoms with Gasteiger partial charge in [0.2, 0.25) is 11.3 Å². The largest absolute Gasteiger partial charge is 0.449 e. The summed E-state index contributed by atoms with van der Waals surface area (Å²) in [5, 5.41) is 2.29. The molecule has 0 aliphatic heterocycles. The van der Waals surface area contributed by atoms with Crippen molar-refractivity contribution in [3.05, 3.63) is 59.3 Å². The highest BCUT2D eigenvalue weighted by Crippen LogP contribution is 2.35. The van der Waals surface area contributed by atoms with Crippen molar-refractivity contribution in [3.8, 4) is 5.69 Å². The lowest BCUT2D eigenvalue weighted by atomic mass is 9.96. The van der Waals surface area contributed by atoms with E-state index in [1.807, 2.05) is 12.1 Å². The summed E-state index contributed by atoms with van der Waals surface area (Å²) >= 11 is 0. The minimum atomic E-state index is -0.126. The van der Waals surface area contributed by atoms with E-state index < -0.39 is 0 Å². The minimum absolute atomic E-state index is 0.126. The highest BCUT2D eigenvalue weighted by molar-refractivity contribution is 6.07. The minimum Gasteiger partial charge on any atom is -0.449 e. The average molecular weight is 362 g/mol. The van der Waals surface area contributed by atoms with Crippen molar-refractivity contribution in [2.24, 2.45) is 0 Å². The SMILES string of the molecule is Cc1ccc2c(oc3ccccc32)c1-[n+]1c(C(C)(C)C)oc(C(C)C)c1C. The lowest BCUT2D eigenvalue weighted by molar-refractivity contribution is -0.618. The van der Waals surface area contributed by atoms with E-state index in [1.54, 1.807) is 0 Å². The Kier molecular flexibility index (Phi) is 3.95. The molecule has 0 saturated heterocycles. The molecule has 0 aliphatic carbocycles. The zero-order valence-electron chi connectivity index (χ0n) is 17.3. The van der Waals surface area contributed by atoms with E-state index in [0.717, 1.165) is 45.0 Å². The van der Waals surface area contributed by atoms with Crippen molar-refractivity contribution in [1.29, 1.82) is 0 Å². The number of aryl methyl sites for hydroxylation is 1. The van der Waals surface area contributed by atoms with Gasteiger partial charge in [-0.15, -0.1) is 4.57 Å². The summed E-state index contributed by atoms with van der Waals surface area (Å²) in [4.78, 5) is 0. The van der Waals surface area contributed by atoms with Crippen LogP contribution in [0.15, 0.2) is 45.2 Å². The van der Waals surface area contributed by atoms with Crippen molar-refractivity contribution < 1.29 is 13.4 Å². The summed E-state index contributed by atoms with van der Waals surface area (Å²) in [6.45, 7) is 15.2. The third-order valence-corrected chi connectivity index (χ3v) is 5.21. The molecule has 0 radical (unpaired) electrons. The quantitative estimate of drug-likeness (QED) is 0.381. The number of oxazole rings is 1. The van der Waals surface area contributed by atoms with Gasteiger partial charge in [0.1, 0.15) is 5.58 Å². The van der Waals surface area contributed by atoms with E-state index in [0.29, 0.717) is 5.92 Å². The Balaban J connectivity index is 2.16. The number of aromatic nitrogens is 1. The Bertz CT molecular complexity index is 1150. The summed E-state index contributed by atoms with van der Waals surface area (Å²) in [6.07, 6.45) is 0. The van der Waals surface area contributed by atoms with Gasteiger partial charge in [0.25, 0.3) is 5.69 Å². The standard InChI is InChI=1S/C24H28NO2/c1-14(2)21-16(4)25(23(27-21)24(5,6)7)20-15(3)12-13-18-17-10-8-9-11-19(17)26-22(18)20/h8-14H,1-7H3/q+1. The number of fused-ring (bicyclic) bond motifs is 3. The first-order valence-corrected chi connectivity index (χ1v) is 9.67. The molecule has 140 valence electrons. The van der Waals surface area contributed by atoms with Gasteiger partial charge in [-0.25, -0.2) is 0 Å². The molecule has 0 amide bonds. The van der Waals surface area contributed by atoms with E-state index in [1.165, 1.54) is 5.56 Å². The van der Waals surface area contributed by atoms with Crippen LogP contribution in [-0.2, 0) is 5.41 Å². The van der Waals surface area contributed by atoms with Crippen LogP contribution in [0.25, 0.3) is 27.6 Å². The third kappa shape index (κ3) is 2.68. The maximum absolute atomic E-state index is 6.43. The molecule has 2 heterocycles. The van der Waals surface area contributed by atoms with Crippen LogP contribution in [0.1, 0.15) is 63.4 Å². The van der Waals surface area contributed by atoms with Crippen LogP contribution in [0, 0.1) is 13.8 Å². The number of hydrogen-bond donors (Lipinski definition) is 0. The molecule has 0 spiro atoms. The van der Waals surface area contributed by atoms with E-state index in [4.69, 9.17) is 8.83 Å². The number of nitrogens with zero attached hydrogens (tertiary/aromatic N) is 1. The number of furan rings is 1. The van der Waals surface area contributed by atoms with Crippen molar-refractivity contribution in [1.82, 2.24) is 0 Å². The van der Waals surface area contributed by atoms with Gasteiger partial charge in [0.15, 0.2) is 5.76 Å². The summed E-state index contributed by atoms with van der Waals surface area (Å²) in [5.41, 5.74) is 5.12. The molecule has 2 aromatic carbocycles. The third-order valence-electron chi connectivity index (χ3n) is 5.21. The Morgan fingerprint density at radius 2 is 1.59 bits per heavy atom. The van der Waals surface area contributed by atoms with Gasteiger partial charge in [-0.1, -0.05) is 38.1 Å². The van der Waals surface area contributed by atoms with Crippen LogP contribution >= 0.6 is 0 Å². The Hall–Kier alpha value is -2.55. The molecule has 4 rings (SSSR count). The lowest BCUT2D eigenvalue weighted by Crippen LogP contribution is -2.41. The van der Waals surface area contributed by atoms with E-state index in [-0.39, 0.29) is 5.41 Å². The predicted octanol–water partition coefficient (Wildman–Crippen LogP) is 6.49. The van der Waals surface area contributed by atoms with Crippen LogP contribution in [0.4, 0.5) is 0 Å². The van der Waals surface area contributed by atoms with Gasteiger partial charge < -0.3 is 8.83 Å². The second-order valence-corrected chi connectivity index (χ2v) is 8.80. The molecule has 0 bridgehead atoms. The van der Waals surface area contributed by atoms with Crippen LogP contribution in [-0.4, -0.2) is 0 Å². The Labute approximate surface area is 160 Å². The second-order valence-electron chi connectivity index (χ2n) is 8.80. The maximum atomic E-state index is 6.43. The molecule has 27 heavy (non-hydrogen) atoms. The highest BCUT2D eigenvalue weighted by Gasteiger charge is 2.39. The molecule has 3 nitrogen and oxygen atoms in total. The molecule has 4 aromatic rings. The number of rotatable bonds is 2. The van der Waals surface area contributed by atoms with Crippen LogP contribution < -0.4 is 4.57 Å². The molecule has 0 N–H and O–H groups in total. The topological polar surface area (TPSA) is 30.2 Å². The zero-order chi connectivity index (χ0) is 19.5. The van der Waals surface area contributed by atoms with Gasteiger partial charge in [-0.3, -0.25) is 0 Å². The zero-order valence-corrected chi connectivity index (χ0v) is 17.3. The first-order valence-electron chi connectivity index (χ1n) is 9.67. The van der Waals surface area contributed by atoms with Crippen molar-refractivity contribution in [3.63, 3.8) is 0 Å². The van der Waals surface area contributed by atoms with E-state index >= 15 is 0 Å². The van der Waals surface area contributed by atoms with Gasteiger partial charge in [0, 0.05) is 29.2 Å². The van der Waals surface area contributed by atoms with Gasteiger partial charge in [0.05, 0.1) is 5.41 Å². The Morgan fingerprint density at radius 3 is 2.26 bits per heavy atom. The van der Waals surface area contributed by atoms with E-state index in [2.05, 4.69) is 77.3 Å². The summed E-state index contributed by atoms with van der Waals surface area (Å²) in [7, 11) is 0. The molecule has 0 unspecified atom stereocenters. The summed E-state index contributed by atoms with van der Waals surface area (Å²) in [5.74, 6) is 2.31. The maximum Gasteiger partial charge on any atom is 0.358 e. The van der Waals surface area contributed by atoms with Gasteiger partial charge >= 0.3 is 5.89 Å². The normalized spacial score (nSPS) is 12.6. The molecular formula is C24H28NO2+. The number of benzene rings is 2. The molecule has 0 aliphatic rings. The fourth-order valence-corrected chi connectivity index (χ4v) is 3.93. The molecular weight excluding hydrogens is 334 g/mol. The number of hydrogen-bond acceptors (Lipinski definition) is 2.